The molecule has 1 aliphatic rings. The third kappa shape index (κ3) is 2.62. The first-order chi connectivity index (χ1) is 10.2. The number of benzene rings is 1. The van der Waals surface area contributed by atoms with E-state index in [4.69, 9.17) is 0 Å². The van der Waals surface area contributed by atoms with Crippen LogP contribution in [0.4, 0.5) is 10.5 Å². The standard InChI is InChI=1S/C15H14N2O3S/c18-14(19)13-7-11-3-1-2-4-12(11)17(13)15(20)16-8-10-5-6-21-9-10/h1-6,9,13H,7-8H2,(H,16,20)(H,18,19). The molecule has 1 atom stereocenters. The number of urea groups is 1. The van der Waals surface area contributed by atoms with Gasteiger partial charge in [-0.1, -0.05) is 18.2 Å². The Morgan fingerprint density at radius 2 is 2.14 bits per heavy atom. The average Bonchev–Trinajstić information content (AvgIpc) is 3.11. The molecule has 0 bridgehead atoms. The molecule has 2 aromatic rings. The van der Waals surface area contributed by atoms with E-state index in [1.807, 2.05) is 35.0 Å². The summed E-state index contributed by atoms with van der Waals surface area (Å²) in [6, 6.07) is 8.01. The lowest BCUT2D eigenvalue weighted by atomic mass is 10.1. The van der Waals surface area contributed by atoms with Crippen LogP contribution in [0.1, 0.15) is 11.1 Å². The fourth-order valence-corrected chi connectivity index (χ4v) is 3.16. The topological polar surface area (TPSA) is 69.6 Å². The van der Waals surface area contributed by atoms with Gasteiger partial charge >= 0.3 is 12.0 Å². The Morgan fingerprint density at radius 1 is 1.33 bits per heavy atom. The largest absolute Gasteiger partial charge is 0.480 e. The maximum absolute atomic E-state index is 12.4. The highest BCUT2D eigenvalue weighted by Crippen LogP contribution is 2.32. The molecule has 2 heterocycles. The molecular weight excluding hydrogens is 288 g/mol. The van der Waals surface area contributed by atoms with Gasteiger partial charge in [0.2, 0.25) is 0 Å². The molecule has 1 aliphatic heterocycles. The van der Waals surface area contributed by atoms with E-state index >= 15 is 0 Å². The van der Waals surface area contributed by atoms with E-state index < -0.39 is 12.0 Å². The van der Waals surface area contributed by atoms with Gasteiger partial charge in [0.05, 0.1) is 0 Å². The SMILES string of the molecule is O=C(O)C1Cc2ccccc2N1C(=O)NCc1ccsc1. The number of carboxylic acids is 1. The van der Waals surface area contributed by atoms with Crippen LogP contribution >= 0.6 is 11.3 Å². The highest BCUT2D eigenvalue weighted by atomic mass is 32.1. The van der Waals surface area contributed by atoms with Crippen molar-refractivity contribution in [3.05, 3.63) is 52.2 Å². The number of nitrogens with zero attached hydrogens (tertiary/aromatic N) is 1. The summed E-state index contributed by atoms with van der Waals surface area (Å²) < 4.78 is 0. The minimum Gasteiger partial charge on any atom is -0.480 e. The number of anilines is 1. The van der Waals surface area contributed by atoms with E-state index in [1.54, 1.807) is 17.4 Å². The van der Waals surface area contributed by atoms with Crippen molar-refractivity contribution in [3.63, 3.8) is 0 Å². The minimum absolute atomic E-state index is 0.345. The Kier molecular flexibility index (Phi) is 3.62. The molecule has 0 saturated carbocycles. The van der Waals surface area contributed by atoms with Gasteiger partial charge in [-0.3, -0.25) is 4.90 Å². The molecule has 1 unspecified atom stereocenters. The van der Waals surface area contributed by atoms with Gasteiger partial charge in [0.15, 0.2) is 0 Å². The van der Waals surface area contributed by atoms with Gasteiger partial charge in [0, 0.05) is 18.7 Å². The number of fused-ring (bicyclic) bond motifs is 1. The van der Waals surface area contributed by atoms with E-state index in [0.29, 0.717) is 18.7 Å². The van der Waals surface area contributed by atoms with Crippen LogP contribution in [0.2, 0.25) is 0 Å². The summed E-state index contributed by atoms with van der Waals surface area (Å²) in [5.74, 6) is -0.989. The second-order valence-corrected chi connectivity index (χ2v) is 5.63. The highest BCUT2D eigenvalue weighted by molar-refractivity contribution is 7.07. The molecule has 0 saturated heterocycles. The van der Waals surface area contributed by atoms with Crippen LogP contribution in [0.15, 0.2) is 41.1 Å². The first-order valence-electron chi connectivity index (χ1n) is 6.55. The van der Waals surface area contributed by atoms with E-state index in [-0.39, 0.29) is 6.03 Å². The molecule has 2 N–H and O–H groups in total. The van der Waals surface area contributed by atoms with Crippen molar-refractivity contribution in [2.75, 3.05) is 4.90 Å². The minimum atomic E-state index is -0.989. The smallest absolute Gasteiger partial charge is 0.327 e. The number of aliphatic carboxylic acids is 1. The van der Waals surface area contributed by atoms with Crippen LogP contribution in [0.25, 0.3) is 0 Å². The lowest BCUT2D eigenvalue weighted by Crippen LogP contribution is -2.47. The second kappa shape index (κ2) is 5.57. The van der Waals surface area contributed by atoms with E-state index in [9.17, 15) is 14.7 Å². The van der Waals surface area contributed by atoms with E-state index in [0.717, 1.165) is 11.1 Å². The molecular formula is C15H14N2O3S. The Bertz CT molecular complexity index is 669. The number of carboxylic acid groups (broad SMARTS) is 1. The molecule has 6 heteroatoms. The Morgan fingerprint density at radius 3 is 2.86 bits per heavy atom. The Hall–Kier alpha value is -2.34. The number of nitrogens with one attached hydrogen (secondary N) is 1. The van der Waals surface area contributed by atoms with Crippen molar-refractivity contribution in [3.8, 4) is 0 Å². The quantitative estimate of drug-likeness (QED) is 0.915. The Labute approximate surface area is 125 Å². The summed E-state index contributed by atoms with van der Waals surface area (Å²) in [6.07, 6.45) is 0.345. The average molecular weight is 302 g/mol. The van der Waals surface area contributed by atoms with Crippen molar-refractivity contribution in [1.82, 2.24) is 5.32 Å². The molecule has 0 radical (unpaired) electrons. The Balaban J connectivity index is 1.80. The maximum atomic E-state index is 12.4. The second-order valence-electron chi connectivity index (χ2n) is 4.85. The van der Waals surface area contributed by atoms with Crippen LogP contribution < -0.4 is 10.2 Å². The number of hydrogen-bond donors (Lipinski definition) is 2. The van der Waals surface area contributed by atoms with Crippen molar-refractivity contribution in [2.45, 2.75) is 19.0 Å². The summed E-state index contributed by atoms with van der Waals surface area (Å²) >= 11 is 1.56. The third-order valence-electron chi connectivity index (χ3n) is 3.50. The summed E-state index contributed by atoms with van der Waals surface area (Å²) in [5, 5.41) is 16.0. The molecule has 108 valence electrons. The molecule has 3 rings (SSSR count). The van der Waals surface area contributed by atoms with Crippen molar-refractivity contribution in [1.29, 1.82) is 0 Å². The fourth-order valence-electron chi connectivity index (χ4n) is 2.49. The molecule has 2 amide bonds. The van der Waals surface area contributed by atoms with Gasteiger partial charge in [-0.15, -0.1) is 0 Å². The van der Waals surface area contributed by atoms with Gasteiger partial charge in [-0.05, 0) is 34.0 Å². The molecule has 0 fully saturated rings. The van der Waals surface area contributed by atoms with Crippen LogP contribution in [-0.4, -0.2) is 23.1 Å². The number of thiophene rings is 1. The molecule has 5 nitrogen and oxygen atoms in total. The van der Waals surface area contributed by atoms with Crippen LogP contribution in [0.3, 0.4) is 0 Å². The predicted molar refractivity (Wildman–Crippen MR) is 80.6 cm³/mol. The number of carbonyl (C=O) groups is 2. The monoisotopic (exact) mass is 302 g/mol. The number of para-hydroxylation sites is 1. The van der Waals surface area contributed by atoms with E-state index in [2.05, 4.69) is 5.32 Å². The normalized spacial score (nSPS) is 16.6. The number of amides is 2. The van der Waals surface area contributed by atoms with Gasteiger partial charge in [-0.25, -0.2) is 9.59 Å². The van der Waals surface area contributed by atoms with Gasteiger partial charge in [-0.2, -0.15) is 11.3 Å². The predicted octanol–water partition coefficient (Wildman–Crippen LogP) is 2.47. The van der Waals surface area contributed by atoms with Crippen LogP contribution in [-0.2, 0) is 17.8 Å². The molecule has 0 aliphatic carbocycles. The zero-order valence-corrected chi connectivity index (χ0v) is 12.0. The first-order valence-corrected chi connectivity index (χ1v) is 7.50. The van der Waals surface area contributed by atoms with Crippen molar-refractivity contribution >= 4 is 29.0 Å². The summed E-state index contributed by atoms with van der Waals surface area (Å²) in [7, 11) is 0. The number of hydrogen-bond acceptors (Lipinski definition) is 3. The molecule has 0 spiro atoms. The van der Waals surface area contributed by atoms with Crippen molar-refractivity contribution < 1.29 is 14.7 Å². The van der Waals surface area contributed by atoms with E-state index in [1.165, 1.54) is 4.90 Å². The third-order valence-corrected chi connectivity index (χ3v) is 4.24. The zero-order valence-electron chi connectivity index (χ0n) is 11.2. The van der Waals surface area contributed by atoms with Crippen LogP contribution in [0.5, 0.6) is 0 Å². The zero-order chi connectivity index (χ0) is 14.8. The lowest BCUT2D eigenvalue weighted by molar-refractivity contribution is -0.138. The van der Waals surface area contributed by atoms with Gasteiger partial charge < -0.3 is 10.4 Å². The fraction of sp³-hybridized carbons (Fsp3) is 0.200. The molecule has 1 aromatic carbocycles. The first kappa shape index (κ1) is 13.6. The lowest BCUT2D eigenvalue weighted by Gasteiger charge is -2.22. The number of rotatable bonds is 3. The maximum Gasteiger partial charge on any atom is 0.327 e. The number of carbonyl (C=O) groups excluding carboxylic acids is 1. The summed E-state index contributed by atoms with van der Waals surface area (Å²) in [4.78, 5) is 25.1. The highest BCUT2D eigenvalue weighted by Gasteiger charge is 2.38. The van der Waals surface area contributed by atoms with Gasteiger partial charge in [0.1, 0.15) is 6.04 Å². The molecule has 21 heavy (non-hydrogen) atoms. The van der Waals surface area contributed by atoms with Crippen molar-refractivity contribution in [2.24, 2.45) is 0 Å². The molecule has 1 aromatic heterocycles. The van der Waals surface area contributed by atoms with Gasteiger partial charge in [0.25, 0.3) is 0 Å². The van der Waals surface area contributed by atoms with Crippen LogP contribution in [0, 0.1) is 0 Å². The summed E-state index contributed by atoms with van der Waals surface area (Å²) in [5.41, 5.74) is 2.57. The summed E-state index contributed by atoms with van der Waals surface area (Å²) in [6.45, 7) is 0.396.